The molecule has 0 N–H and O–H groups in total. The van der Waals surface area contributed by atoms with Crippen molar-refractivity contribution in [3.63, 3.8) is 0 Å². The second-order valence-corrected chi connectivity index (χ2v) is 16.8. The fraction of sp³-hybridized carbons (Fsp3) is 0.812. The second kappa shape index (κ2) is 8.03. The molecule has 4 heteroatoms. The first-order valence-electron chi connectivity index (χ1n) is 15.6. The lowest BCUT2D eigenvalue weighted by molar-refractivity contribution is -0.124. The number of carbonyl (C=O) groups is 2. The molecule has 12 atom stereocenters. The van der Waals surface area contributed by atoms with Gasteiger partial charge in [-0.2, -0.15) is 0 Å². The summed E-state index contributed by atoms with van der Waals surface area (Å²) in [6.45, 7) is 0. The molecular weight excluding hydrogens is 480 g/mol. The Labute approximate surface area is 224 Å². The minimum Gasteiger partial charge on any atom is -0.293 e. The summed E-state index contributed by atoms with van der Waals surface area (Å²) in [5.74, 6) is 7.15. The molecule has 0 aromatic carbocycles. The van der Waals surface area contributed by atoms with E-state index in [1.54, 1.807) is 11.1 Å². The van der Waals surface area contributed by atoms with Crippen molar-refractivity contribution < 1.29 is 9.59 Å². The lowest BCUT2D eigenvalue weighted by Crippen LogP contribution is -2.41. The predicted octanol–water partition coefficient (Wildman–Crippen LogP) is 7.58. The fourth-order valence-corrected chi connectivity index (χ4v) is 15.0. The van der Waals surface area contributed by atoms with Crippen molar-refractivity contribution in [2.75, 3.05) is 0 Å². The Hall–Kier alpha value is -0.480. The number of Topliss-reactive ketones (excluding diaryl/α,β-unsaturated/α-hetero) is 2. The van der Waals surface area contributed by atoms with E-state index in [1.807, 2.05) is 23.5 Å². The Morgan fingerprint density at radius 1 is 0.444 bits per heavy atom. The maximum Gasteiger partial charge on any atom is 0.172 e. The maximum atomic E-state index is 13.9. The summed E-state index contributed by atoms with van der Waals surface area (Å²) >= 11 is 4.01. The molecule has 0 spiro atoms. The third kappa shape index (κ3) is 2.96. The van der Waals surface area contributed by atoms with Crippen LogP contribution in [0.15, 0.2) is 21.0 Å². The number of fused-ring (bicyclic) bond motifs is 10. The van der Waals surface area contributed by atoms with E-state index in [-0.39, 0.29) is 11.8 Å². The van der Waals surface area contributed by atoms with Gasteiger partial charge in [-0.1, -0.05) is 51.4 Å². The number of hydrogen-bond acceptors (Lipinski definition) is 4. The minimum atomic E-state index is 0.198. The average Bonchev–Trinajstić information content (AvgIpc) is 3.60. The standard InChI is InChI=1S/C32H40O2S2/c33-29-21-14-20-22(30(34)32-28(20)24-10-16-6-2-4-8-18(16)12-26(24)36-32)13-19(21)27-23-9-15-5-1-3-7-17(15)11-25(23)35-31(27)29/h15-26H,1-14H2. The lowest BCUT2D eigenvalue weighted by Gasteiger charge is -2.46. The Balaban J connectivity index is 0.988. The molecule has 2 heterocycles. The summed E-state index contributed by atoms with van der Waals surface area (Å²) in [6, 6.07) is 0. The highest BCUT2D eigenvalue weighted by atomic mass is 32.2. The molecule has 12 unspecified atom stereocenters. The van der Waals surface area contributed by atoms with Gasteiger partial charge in [0.2, 0.25) is 0 Å². The first-order chi connectivity index (χ1) is 17.7. The molecule has 5 fully saturated rings. The fourth-order valence-electron chi connectivity index (χ4n) is 11.5. The van der Waals surface area contributed by atoms with Crippen molar-refractivity contribution in [2.45, 2.75) is 100 Å². The van der Waals surface area contributed by atoms with E-state index in [2.05, 4.69) is 0 Å². The molecule has 9 aliphatic rings. The zero-order valence-electron chi connectivity index (χ0n) is 21.5. The molecule has 5 saturated carbocycles. The van der Waals surface area contributed by atoms with E-state index in [9.17, 15) is 9.59 Å². The summed E-state index contributed by atoms with van der Waals surface area (Å²) in [6.07, 6.45) is 18.7. The molecule has 2 aliphatic heterocycles. The van der Waals surface area contributed by atoms with Crippen LogP contribution < -0.4 is 0 Å². The van der Waals surface area contributed by atoms with E-state index in [1.165, 1.54) is 86.9 Å². The molecule has 2 nitrogen and oxygen atoms in total. The number of allylic oxidation sites excluding steroid dienone is 4. The van der Waals surface area contributed by atoms with Crippen molar-refractivity contribution in [1.82, 2.24) is 0 Å². The highest BCUT2D eigenvalue weighted by molar-refractivity contribution is 8.05. The van der Waals surface area contributed by atoms with Crippen molar-refractivity contribution in [1.29, 1.82) is 0 Å². The third-order valence-corrected chi connectivity index (χ3v) is 16.0. The quantitative estimate of drug-likeness (QED) is 0.330. The van der Waals surface area contributed by atoms with Gasteiger partial charge < -0.3 is 0 Å². The highest BCUT2D eigenvalue weighted by Crippen LogP contribution is 2.68. The van der Waals surface area contributed by atoms with Crippen LogP contribution in [0.2, 0.25) is 0 Å². The molecule has 0 saturated heterocycles. The summed E-state index contributed by atoms with van der Waals surface area (Å²) in [5.41, 5.74) is 3.16. The van der Waals surface area contributed by atoms with Crippen molar-refractivity contribution >= 4 is 35.1 Å². The zero-order chi connectivity index (χ0) is 23.7. The van der Waals surface area contributed by atoms with Crippen LogP contribution in [0, 0.1) is 59.2 Å². The summed E-state index contributed by atoms with van der Waals surface area (Å²) < 4.78 is 0. The first-order valence-corrected chi connectivity index (χ1v) is 17.3. The van der Waals surface area contributed by atoms with Crippen LogP contribution in [0.1, 0.15) is 89.9 Å². The number of thioether (sulfide) groups is 2. The van der Waals surface area contributed by atoms with Gasteiger partial charge in [-0.3, -0.25) is 9.59 Å². The Morgan fingerprint density at radius 2 is 0.833 bits per heavy atom. The molecule has 0 bridgehead atoms. The van der Waals surface area contributed by atoms with Crippen molar-refractivity contribution in [2.24, 2.45) is 59.2 Å². The monoisotopic (exact) mass is 520 g/mol. The van der Waals surface area contributed by atoms with Crippen LogP contribution in [0.3, 0.4) is 0 Å². The maximum absolute atomic E-state index is 13.9. The van der Waals surface area contributed by atoms with Crippen LogP contribution in [0.4, 0.5) is 0 Å². The second-order valence-electron chi connectivity index (χ2n) is 14.3. The Bertz CT molecular complexity index is 1020. The smallest absolute Gasteiger partial charge is 0.172 e. The number of hydrogen-bond donors (Lipinski definition) is 0. The molecule has 7 aliphatic carbocycles. The average molecular weight is 521 g/mol. The minimum absolute atomic E-state index is 0.198. The van der Waals surface area contributed by atoms with Crippen LogP contribution in [-0.4, -0.2) is 22.1 Å². The molecule has 0 aromatic heterocycles. The summed E-state index contributed by atoms with van der Waals surface area (Å²) in [4.78, 5) is 30.3. The summed E-state index contributed by atoms with van der Waals surface area (Å²) in [7, 11) is 0. The van der Waals surface area contributed by atoms with Gasteiger partial charge in [-0.15, -0.1) is 23.5 Å². The first kappa shape index (κ1) is 22.3. The van der Waals surface area contributed by atoms with E-state index in [4.69, 9.17) is 0 Å². The zero-order valence-corrected chi connectivity index (χ0v) is 23.1. The number of carbonyl (C=O) groups excluding carboxylic acids is 2. The lowest BCUT2D eigenvalue weighted by atomic mass is 9.60. The van der Waals surface area contributed by atoms with Crippen molar-refractivity contribution in [3.05, 3.63) is 21.0 Å². The SMILES string of the molecule is O=C1C2=C(C3CC4CCCCC4CC3S2)C2CC3C(=O)C4=C(C5CC6CCCCC6CC5S4)C3CC12. The Morgan fingerprint density at radius 3 is 1.25 bits per heavy atom. The molecule has 9 rings (SSSR count). The molecule has 0 amide bonds. The van der Waals surface area contributed by atoms with E-state index in [0.29, 0.717) is 45.7 Å². The Kier molecular flexibility index (Phi) is 4.98. The van der Waals surface area contributed by atoms with E-state index < -0.39 is 0 Å². The van der Waals surface area contributed by atoms with Crippen LogP contribution in [0.25, 0.3) is 0 Å². The predicted molar refractivity (Wildman–Crippen MR) is 146 cm³/mol. The number of rotatable bonds is 0. The van der Waals surface area contributed by atoms with E-state index >= 15 is 0 Å². The molecule has 192 valence electrons. The van der Waals surface area contributed by atoms with Gasteiger partial charge in [0, 0.05) is 22.3 Å². The molecule has 36 heavy (non-hydrogen) atoms. The van der Waals surface area contributed by atoms with Gasteiger partial charge in [-0.25, -0.2) is 0 Å². The highest BCUT2D eigenvalue weighted by Gasteiger charge is 2.61. The van der Waals surface area contributed by atoms with Gasteiger partial charge in [0.05, 0.1) is 9.81 Å². The van der Waals surface area contributed by atoms with Crippen LogP contribution >= 0.6 is 23.5 Å². The van der Waals surface area contributed by atoms with Gasteiger partial charge in [-0.05, 0) is 97.0 Å². The number of ketones is 2. The van der Waals surface area contributed by atoms with Gasteiger partial charge in [0.1, 0.15) is 0 Å². The van der Waals surface area contributed by atoms with Crippen LogP contribution in [-0.2, 0) is 9.59 Å². The van der Waals surface area contributed by atoms with Gasteiger partial charge in [0.25, 0.3) is 0 Å². The summed E-state index contributed by atoms with van der Waals surface area (Å²) in [5, 5.41) is 1.34. The third-order valence-electron chi connectivity index (χ3n) is 13.0. The van der Waals surface area contributed by atoms with E-state index in [0.717, 1.165) is 36.5 Å². The largest absolute Gasteiger partial charge is 0.293 e. The molecule has 0 aromatic rings. The van der Waals surface area contributed by atoms with Gasteiger partial charge >= 0.3 is 0 Å². The topological polar surface area (TPSA) is 34.1 Å². The normalized spacial score (nSPS) is 52.8. The van der Waals surface area contributed by atoms with Crippen LogP contribution in [0.5, 0.6) is 0 Å². The molecular formula is C32H40O2S2. The molecule has 0 radical (unpaired) electrons. The van der Waals surface area contributed by atoms with Gasteiger partial charge in [0.15, 0.2) is 11.6 Å². The van der Waals surface area contributed by atoms with Crippen molar-refractivity contribution in [3.8, 4) is 0 Å².